The van der Waals surface area contributed by atoms with Gasteiger partial charge in [0.05, 0.1) is 6.61 Å². The summed E-state index contributed by atoms with van der Waals surface area (Å²) < 4.78 is 12.4. The first-order valence-corrected chi connectivity index (χ1v) is 8.61. The van der Waals surface area contributed by atoms with Crippen LogP contribution in [0.3, 0.4) is 0 Å². The van der Waals surface area contributed by atoms with Crippen LogP contribution in [0.2, 0.25) is 0 Å². The number of aromatic nitrogens is 3. The molecule has 2 aromatic heterocycles. The Bertz CT molecular complexity index is 917. The van der Waals surface area contributed by atoms with Gasteiger partial charge in [-0.05, 0) is 30.5 Å². The van der Waals surface area contributed by atoms with E-state index in [0.29, 0.717) is 24.5 Å². The Morgan fingerprint density at radius 1 is 1.33 bits per heavy atom. The minimum Gasteiger partial charge on any atom is -0.422 e. The van der Waals surface area contributed by atoms with Gasteiger partial charge in [-0.1, -0.05) is 23.9 Å². The summed E-state index contributed by atoms with van der Waals surface area (Å²) in [6.45, 7) is 5.27. The summed E-state index contributed by atoms with van der Waals surface area (Å²) in [6.07, 6.45) is 1.69. The number of methoxy groups -OCH3 is 1. The van der Waals surface area contributed by atoms with Crippen LogP contribution in [0.4, 0.5) is 0 Å². The lowest BCUT2D eigenvalue weighted by Crippen LogP contribution is -2.05. The molecule has 3 rings (SSSR count). The first kappa shape index (κ1) is 16.7. The molecule has 0 N–H and O–H groups in total. The van der Waals surface area contributed by atoms with Crippen molar-refractivity contribution in [3.05, 3.63) is 51.6 Å². The summed E-state index contributed by atoms with van der Waals surface area (Å²) in [5, 5.41) is 9.86. The van der Waals surface area contributed by atoms with Crippen molar-refractivity contribution in [1.29, 1.82) is 0 Å². The average Bonchev–Trinajstić information content (AvgIpc) is 3.02. The standard InChI is InChI=1S/C17H19N3O3S/c1-11-4-5-14-13(8-15(21)23-16(14)12(11)2)9-24-17-19-18-10-20(17)6-7-22-3/h4-5,8,10H,6-7,9H2,1-3H3. The summed E-state index contributed by atoms with van der Waals surface area (Å²) in [4.78, 5) is 11.9. The van der Waals surface area contributed by atoms with Crippen LogP contribution in [0.25, 0.3) is 11.0 Å². The number of thioether (sulfide) groups is 1. The van der Waals surface area contributed by atoms with E-state index in [9.17, 15) is 4.79 Å². The van der Waals surface area contributed by atoms with Crippen LogP contribution in [-0.2, 0) is 17.0 Å². The minimum atomic E-state index is -0.326. The number of rotatable bonds is 6. The molecule has 1 aromatic carbocycles. The van der Waals surface area contributed by atoms with Crippen molar-refractivity contribution in [3.63, 3.8) is 0 Å². The zero-order valence-electron chi connectivity index (χ0n) is 13.9. The van der Waals surface area contributed by atoms with Crippen LogP contribution in [0.5, 0.6) is 0 Å². The van der Waals surface area contributed by atoms with Crippen LogP contribution >= 0.6 is 11.8 Å². The van der Waals surface area contributed by atoms with Gasteiger partial charge in [0.2, 0.25) is 0 Å². The molecule has 0 spiro atoms. The van der Waals surface area contributed by atoms with E-state index >= 15 is 0 Å². The van der Waals surface area contributed by atoms with Gasteiger partial charge in [-0.25, -0.2) is 4.79 Å². The molecule has 0 bridgehead atoms. The molecule has 0 fully saturated rings. The molecule has 24 heavy (non-hydrogen) atoms. The van der Waals surface area contributed by atoms with E-state index in [4.69, 9.17) is 9.15 Å². The van der Waals surface area contributed by atoms with Crippen molar-refractivity contribution in [2.45, 2.75) is 31.3 Å². The van der Waals surface area contributed by atoms with Gasteiger partial charge in [0.1, 0.15) is 11.9 Å². The third kappa shape index (κ3) is 3.37. The van der Waals surface area contributed by atoms with Crippen molar-refractivity contribution in [1.82, 2.24) is 14.8 Å². The highest BCUT2D eigenvalue weighted by molar-refractivity contribution is 7.98. The molecule has 0 saturated carbocycles. The Hall–Kier alpha value is -2.12. The predicted octanol–water partition coefficient (Wildman–Crippen LogP) is 2.94. The Labute approximate surface area is 143 Å². The lowest BCUT2D eigenvalue weighted by Gasteiger charge is -2.09. The molecule has 3 aromatic rings. The molecule has 6 nitrogen and oxygen atoms in total. The average molecular weight is 345 g/mol. The topological polar surface area (TPSA) is 70.2 Å². The van der Waals surface area contributed by atoms with E-state index in [1.807, 2.05) is 30.5 Å². The predicted molar refractivity (Wildman–Crippen MR) is 93.4 cm³/mol. The molecule has 0 saturated heterocycles. The molecular formula is C17H19N3O3S. The number of hydrogen-bond donors (Lipinski definition) is 0. The van der Waals surface area contributed by atoms with Crippen LogP contribution in [0, 0.1) is 13.8 Å². The molecule has 7 heteroatoms. The first-order chi connectivity index (χ1) is 11.6. The van der Waals surface area contributed by atoms with Gasteiger partial charge in [0.25, 0.3) is 0 Å². The Balaban J connectivity index is 1.90. The van der Waals surface area contributed by atoms with Crippen LogP contribution in [0.1, 0.15) is 16.7 Å². The highest BCUT2D eigenvalue weighted by Gasteiger charge is 2.12. The zero-order valence-corrected chi connectivity index (χ0v) is 14.7. The van der Waals surface area contributed by atoms with E-state index in [0.717, 1.165) is 27.2 Å². The number of aryl methyl sites for hydroxylation is 2. The van der Waals surface area contributed by atoms with Gasteiger partial charge >= 0.3 is 5.63 Å². The molecule has 0 amide bonds. The fraction of sp³-hybridized carbons (Fsp3) is 0.353. The molecule has 0 aliphatic rings. The van der Waals surface area contributed by atoms with E-state index in [1.54, 1.807) is 31.3 Å². The summed E-state index contributed by atoms with van der Waals surface area (Å²) >= 11 is 1.54. The molecular weight excluding hydrogens is 326 g/mol. The van der Waals surface area contributed by atoms with Crippen molar-refractivity contribution < 1.29 is 9.15 Å². The maximum Gasteiger partial charge on any atom is 0.336 e. The lowest BCUT2D eigenvalue weighted by molar-refractivity contribution is 0.184. The van der Waals surface area contributed by atoms with Crippen molar-refractivity contribution in [2.75, 3.05) is 13.7 Å². The number of nitrogens with zero attached hydrogens (tertiary/aromatic N) is 3. The van der Waals surface area contributed by atoms with Gasteiger partial charge in [0.15, 0.2) is 5.16 Å². The number of fused-ring (bicyclic) bond motifs is 1. The van der Waals surface area contributed by atoms with Gasteiger partial charge in [-0.2, -0.15) is 0 Å². The minimum absolute atomic E-state index is 0.326. The highest BCUT2D eigenvalue weighted by atomic mass is 32.2. The molecule has 126 valence electrons. The van der Waals surface area contributed by atoms with Crippen molar-refractivity contribution in [2.24, 2.45) is 0 Å². The largest absolute Gasteiger partial charge is 0.422 e. The van der Waals surface area contributed by atoms with Crippen LogP contribution in [0.15, 0.2) is 38.9 Å². The number of benzene rings is 1. The number of ether oxygens (including phenoxy) is 1. The second-order valence-electron chi connectivity index (χ2n) is 5.56. The molecule has 0 unspecified atom stereocenters. The van der Waals surface area contributed by atoms with Crippen molar-refractivity contribution in [3.8, 4) is 0 Å². The third-order valence-electron chi connectivity index (χ3n) is 3.99. The summed E-state index contributed by atoms with van der Waals surface area (Å²) in [7, 11) is 1.66. The molecule has 2 heterocycles. The Kier molecular flexibility index (Phi) is 5.01. The maximum absolute atomic E-state index is 11.9. The molecule has 0 radical (unpaired) electrons. The SMILES string of the molecule is COCCn1cnnc1SCc1cc(=O)oc2c(C)c(C)ccc12. The number of hydrogen-bond acceptors (Lipinski definition) is 6. The van der Waals surface area contributed by atoms with E-state index in [1.165, 1.54) is 0 Å². The molecule has 0 aliphatic carbocycles. The Morgan fingerprint density at radius 2 is 2.17 bits per heavy atom. The molecule has 0 atom stereocenters. The normalized spacial score (nSPS) is 11.3. The summed E-state index contributed by atoms with van der Waals surface area (Å²) in [5.41, 5.74) is 3.39. The van der Waals surface area contributed by atoms with Gasteiger partial charge in [0, 0.05) is 30.9 Å². The fourth-order valence-corrected chi connectivity index (χ4v) is 3.42. The van der Waals surface area contributed by atoms with E-state index in [-0.39, 0.29) is 5.63 Å². The summed E-state index contributed by atoms with van der Waals surface area (Å²) in [5.74, 6) is 0.621. The fourth-order valence-electron chi connectivity index (χ4n) is 2.49. The van der Waals surface area contributed by atoms with E-state index in [2.05, 4.69) is 10.2 Å². The van der Waals surface area contributed by atoms with Crippen molar-refractivity contribution >= 4 is 22.7 Å². The monoisotopic (exact) mass is 345 g/mol. The lowest BCUT2D eigenvalue weighted by atomic mass is 10.0. The highest BCUT2D eigenvalue weighted by Crippen LogP contribution is 2.28. The Morgan fingerprint density at radius 3 is 2.96 bits per heavy atom. The van der Waals surface area contributed by atoms with Gasteiger partial charge < -0.3 is 13.7 Å². The maximum atomic E-state index is 11.9. The third-order valence-corrected chi connectivity index (χ3v) is 5.02. The van der Waals surface area contributed by atoms with Crippen LogP contribution < -0.4 is 5.63 Å². The second kappa shape index (κ2) is 7.19. The van der Waals surface area contributed by atoms with E-state index < -0.39 is 0 Å². The smallest absolute Gasteiger partial charge is 0.336 e. The quantitative estimate of drug-likeness (QED) is 0.505. The van der Waals surface area contributed by atoms with Gasteiger partial charge in [-0.3, -0.25) is 0 Å². The second-order valence-corrected chi connectivity index (χ2v) is 6.51. The zero-order chi connectivity index (χ0) is 17.1. The van der Waals surface area contributed by atoms with Gasteiger partial charge in [-0.15, -0.1) is 10.2 Å². The first-order valence-electron chi connectivity index (χ1n) is 7.62. The molecule has 0 aliphatic heterocycles. The van der Waals surface area contributed by atoms with Crippen LogP contribution in [-0.4, -0.2) is 28.5 Å². The summed E-state index contributed by atoms with van der Waals surface area (Å²) in [6, 6.07) is 5.61.